The summed E-state index contributed by atoms with van der Waals surface area (Å²) in [6, 6.07) is 10.9. The minimum absolute atomic E-state index is 0.160. The number of hydrogen-bond donors (Lipinski definition) is 2. The summed E-state index contributed by atoms with van der Waals surface area (Å²) in [5.74, 6) is -0.789. The highest BCUT2D eigenvalue weighted by Gasteiger charge is 2.33. The number of carboxylic acid groups (broad SMARTS) is 1. The first-order chi connectivity index (χ1) is 12.6. The number of aliphatic carboxylic acids is 1. The van der Waals surface area contributed by atoms with Gasteiger partial charge in [-0.1, -0.05) is 24.6 Å². The molecule has 2 aromatic rings. The molecule has 1 aliphatic rings. The number of pyridine rings is 1. The Bertz CT molecular complexity index is 763. The molecule has 3 rings (SSSR count). The predicted octanol–water partition coefficient (Wildman–Crippen LogP) is 2.57. The van der Waals surface area contributed by atoms with E-state index in [4.69, 9.17) is 4.74 Å². The average molecular weight is 354 g/mol. The molecular formula is C20H22N2O4. The van der Waals surface area contributed by atoms with Crippen LogP contribution in [0.3, 0.4) is 0 Å². The second-order valence-electron chi connectivity index (χ2n) is 6.52. The number of hydrogen-bond acceptors (Lipinski definition) is 4. The van der Waals surface area contributed by atoms with E-state index in [9.17, 15) is 14.7 Å². The summed E-state index contributed by atoms with van der Waals surface area (Å²) in [5.41, 5.74) is 1.80. The molecule has 6 nitrogen and oxygen atoms in total. The van der Waals surface area contributed by atoms with E-state index in [0.29, 0.717) is 18.8 Å². The van der Waals surface area contributed by atoms with E-state index in [1.54, 1.807) is 12.4 Å². The Morgan fingerprint density at radius 2 is 2.04 bits per heavy atom. The van der Waals surface area contributed by atoms with Gasteiger partial charge in [0, 0.05) is 24.0 Å². The number of benzene rings is 1. The van der Waals surface area contributed by atoms with Crippen LogP contribution in [0.2, 0.25) is 0 Å². The summed E-state index contributed by atoms with van der Waals surface area (Å²) in [6.45, 7) is 0.409. The number of carboxylic acids is 1. The molecule has 0 saturated heterocycles. The van der Waals surface area contributed by atoms with Crippen molar-refractivity contribution in [1.29, 1.82) is 0 Å². The summed E-state index contributed by atoms with van der Waals surface area (Å²) >= 11 is 0. The molecule has 1 fully saturated rings. The SMILES string of the molecule is O=C(Cc1cccc(OCc2cccnc2)c1)N[C@H]1CCC[C@H]1C(=O)O. The van der Waals surface area contributed by atoms with E-state index in [1.165, 1.54) is 0 Å². The zero-order valence-corrected chi connectivity index (χ0v) is 14.4. The number of carbonyl (C=O) groups excluding carboxylic acids is 1. The molecule has 1 aromatic heterocycles. The van der Waals surface area contributed by atoms with Crippen molar-refractivity contribution in [3.8, 4) is 5.75 Å². The highest BCUT2D eigenvalue weighted by Crippen LogP contribution is 2.26. The summed E-state index contributed by atoms with van der Waals surface area (Å²) < 4.78 is 5.75. The minimum Gasteiger partial charge on any atom is -0.489 e. The largest absolute Gasteiger partial charge is 0.489 e. The standard InChI is InChI=1S/C20H22N2O4/c23-19(22-18-8-2-7-17(18)20(24)25)11-14-4-1-6-16(10-14)26-13-15-5-3-9-21-12-15/h1,3-6,9-10,12,17-18H,2,7-8,11,13H2,(H,22,23)(H,24,25)/t17-,18+/m1/s1. The Morgan fingerprint density at radius 3 is 2.81 bits per heavy atom. The van der Waals surface area contributed by atoms with Crippen molar-refractivity contribution in [2.45, 2.75) is 38.3 Å². The van der Waals surface area contributed by atoms with Gasteiger partial charge >= 0.3 is 5.97 Å². The molecule has 1 amide bonds. The highest BCUT2D eigenvalue weighted by molar-refractivity contribution is 5.80. The van der Waals surface area contributed by atoms with E-state index in [2.05, 4.69) is 10.3 Å². The van der Waals surface area contributed by atoms with Crippen molar-refractivity contribution >= 4 is 11.9 Å². The molecule has 1 heterocycles. The van der Waals surface area contributed by atoms with Gasteiger partial charge in [0.1, 0.15) is 12.4 Å². The molecule has 6 heteroatoms. The van der Waals surface area contributed by atoms with Gasteiger partial charge in [0.05, 0.1) is 12.3 Å². The van der Waals surface area contributed by atoms with E-state index >= 15 is 0 Å². The van der Waals surface area contributed by atoms with Crippen LogP contribution in [0.1, 0.15) is 30.4 Å². The van der Waals surface area contributed by atoms with Crippen LogP contribution in [0, 0.1) is 5.92 Å². The maximum absolute atomic E-state index is 12.3. The molecule has 0 bridgehead atoms. The van der Waals surface area contributed by atoms with E-state index < -0.39 is 11.9 Å². The van der Waals surface area contributed by atoms with Crippen molar-refractivity contribution in [3.63, 3.8) is 0 Å². The van der Waals surface area contributed by atoms with Crippen LogP contribution in [0.4, 0.5) is 0 Å². The lowest BCUT2D eigenvalue weighted by Crippen LogP contribution is -2.40. The Morgan fingerprint density at radius 1 is 1.19 bits per heavy atom. The molecule has 0 aliphatic heterocycles. The predicted molar refractivity (Wildman–Crippen MR) is 95.6 cm³/mol. The second kappa shape index (κ2) is 8.47. The zero-order chi connectivity index (χ0) is 18.4. The number of rotatable bonds is 7. The van der Waals surface area contributed by atoms with Gasteiger partial charge in [0.2, 0.25) is 5.91 Å². The number of aromatic nitrogens is 1. The average Bonchev–Trinajstić information content (AvgIpc) is 3.09. The van der Waals surface area contributed by atoms with Crippen LogP contribution in [0.15, 0.2) is 48.8 Å². The van der Waals surface area contributed by atoms with Crippen LogP contribution >= 0.6 is 0 Å². The van der Waals surface area contributed by atoms with Gasteiger partial charge < -0.3 is 15.2 Å². The van der Waals surface area contributed by atoms with Gasteiger partial charge in [-0.05, 0) is 36.6 Å². The first kappa shape index (κ1) is 17.9. The van der Waals surface area contributed by atoms with Crippen molar-refractivity contribution in [2.24, 2.45) is 5.92 Å². The van der Waals surface area contributed by atoms with Crippen molar-refractivity contribution < 1.29 is 19.4 Å². The Kier molecular flexibility index (Phi) is 5.84. The zero-order valence-electron chi connectivity index (χ0n) is 14.4. The molecule has 0 radical (unpaired) electrons. The molecule has 136 valence electrons. The normalized spacial score (nSPS) is 19.1. The third-order valence-corrected chi connectivity index (χ3v) is 4.57. The summed E-state index contributed by atoms with van der Waals surface area (Å²) in [5, 5.41) is 12.1. The van der Waals surface area contributed by atoms with Crippen LogP contribution in [0.5, 0.6) is 5.75 Å². The minimum atomic E-state index is -0.835. The Labute approximate surface area is 152 Å². The topological polar surface area (TPSA) is 88.5 Å². The lowest BCUT2D eigenvalue weighted by molar-refractivity contribution is -0.142. The molecular weight excluding hydrogens is 332 g/mol. The third kappa shape index (κ3) is 4.81. The van der Waals surface area contributed by atoms with Crippen LogP contribution < -0.4 is 10.1 Å². The third-order valence-electron chi connectivity index (χ3n) is 4.57. The molecule has 1 aromatic carbocycles. The molecule has 2 atom stereocenters. The quantitative estimate of drug-likeness (QED) is 0.798. The maximum atomic E-state index is 12.3. The fourth-order valence-corrected chi connectivity index (χ4v) is 3.27. The highest BCUT2D eigenvalue weighted by atomic mass is 16.5. The Hall–Kier alpha value is -2.89. The smallest absolute Gasteiger partial charge is 0.308 e. The van der Waals surface area contributed by atoms with Gasteiger partial charge in [-0.25, -0.2) is 0 Å². The van der Waals surface area contributed by atoms with Gasteiger partial charge in [0.25, 0.3) is 0 Å². The molecule has 2 N–H and O–H groups in total. The van der Waals surface area contributed by atoms with Gasteiger partial charge in [0.15, 0.2) is 0 Å². The monoisotopic (exact) mass is 354 g/mol. The van der Waals surface area contributed by atoms with E-state index in [-0.39, 0.29) is 18.4 Å². The summed E-state index contributed by atoms with van der Waals surface area (Å²) in [6.07, 6.45) is 5.83. The van der Waals surface area contributed by atoms with Crippen molar-refractivity contribution in [3.05, 3.63) is 59.9 Å². The van der Waals surface area contributed by atoms with Crippen molar-refractivity contribution in [2.75, 3.05) is 0 Å². The molecule has 0 unspecified atom stereocenters. The van der Waals surface area contributed by atoms with Crippen LogP contribution in [0.25, 0.3) is 0 Å². The summed E-state index contributed by atoms with van der Waals surface area (Å²) in [7, 11) is 0. The number of nitrogens with zero attached hydrogens (tertiary/aromatic N) is 1. The maximum Gasteiger partial charge on any atom is 0.308 e. The Balaban J connectivity index is 1.54. The number of ether oxygens (including phenoxy) is 1. The van der Waals surface area contributed by atoms with Crippen LogP contribution in [-0.2, 0) is 22.6 Å². The van der Waals surface area contributed by atoms with E-state index in [1.807, 2.05) is 36.4 Å². The summed E-state index contributed by atoms with van der Waals surface area (Å²) in [4.78, 5) is 27.5. The first-order valence-electron chi connectivity index (χ1n) is 8.74. The fraction of sp³-hybridized carbons (Fsp3) is 0.350. The lowest BCUT2D eigenvalue weighted by Gasteiger charge is -2.17. The van der Waals surface area contributed by atoms with Crippen molar-refractivity contribution in [1.82, 2.24) is 10.3 Å². The van der Waals surface area contributed by atoms with E-state index in [0.717, 1.165) is 24.0 Å². The number of carbonyl (C=O) groups is 2. The second-order valence-corrected chi connectivity index (χ2v) is 6.52. The molecule has 1 saturated carbocycles. The van der Waals surface area contributed by atoms with Gasteiger partial charge in [-0.2, -0.15) is 0 Å². The van der Waals surface area contributed by atoms with Gasteiger partial charge in [-0.15, -0.1) is 0 Å². The number of nitrogens with one attached hydrogen (secondary N) is 1. The molecule has 0 spiro atoms. The lowest BCUT2D eigenvalue weighted by atomic mass is 10.0. The number of amides is 1. The van der Waals surface area contributed by atoms with Crippen LogP contribution in [-0.4, -0.2) is 28.0 Å². The molecule has 26 heavy (non-hydrogen) atoms. The first-order valence-corrected chi connectivity index (χ1v) is 8.74. The fourth-order valence-electron chi connectivity index (χ4n) is 3.27. The van der Waals surface area contributed by atoms with Gasteiger partial charge in [-0.3, -0.25) is 14.6 Å². The molecule has 1 aliphatic carbocycles.